The van der Waals surface area contributed by atoms with E-state index in [1.165, 1.54) is 0 Å². The number of carbonyl (C=O) groups excluding carboxylic acids is 1. The molecule has 0 heterocycles. The number of hydrogen-bond donors (Lipinski definition) is 0. The van der Waals surface area contributed by atoms with Gasteiger partial charge in [-0.15, -0.1) is 0 Å². The number of rotatable bonds is 12. The highest BCUT2D eigenvalue weighted by molar-refractivity contribution is 14.1. The van der Waals surface area contributed by atoms with E-state index in [1.807, 2.05) is 0 Å². The predicted molar refractivity (Wildman–Crippen MR) is 77.1 cm³/mol. The van der Waals surface area contributed by atoms with Crippen molar-refractivity contribution in [2.45, 2.75) is 6.92 Å². The number of alkyl halides is 1. The van der Waals surface area contributed by atoms with Gasteiger partial charge in [-0.3, -0.25) is 0 Å². The van der Waals surface area contributed by atoms with Gasteiger partial charge in [-0.2, -0.15) is 0 Å². The Kier molecular flexibility index (Phi) is 13.1. The maximum atomic E-state index is 11.2. The van der Waals surface area contributed by atoms with Crippen molar-refractivity contribution in [1.82, 2.24) is 0 Å². The van der Waals surface area contributed by atoms with Crippen LogP contribution in [0, 0.1) is 0 Å². The molecular weight excluding hydrogens is 351 g/mol. The molecule has 0 aliphatic heterocycles. The van der Waals surface area contributed by atoms with Gasteiger partial charge in [0.25, 0.3) is 0 Å². The van der Waals surface area contributed by atoms with E-state index in [9.17, 15) is 4.79 Å². The summed E-state index contributed by atoms with van der Waals surface area (Å²) < 4.78 is 21.5. The zero-order chi connectivity index (χ0) is 13.6. The Balaban J connectivity index is 3.25. The molecule has 106 valence electrons. The van der Waals surface area contributed by atoms with E-state index in [-0.39, 0.29) is 6.61 Å². The van der Waals surface area contributed by atoms with Crippen molar-refractivity contribution in [3.63, 3.8) is 0 Å². The molecule has 0 saturated carbocycles. The fourth-order valence-corrected chi connectivity index (χ4v) is 1.29. The number of halogens is 1. The Morgan fingerprint density at radius 2 is 1.61 bits per heavy atom. The minimum atomic E-state index is -0.411. The lowest BCUT2D eigenvalue weighted by Crippen LogP contribution is -2.14. The molecule has 18 heavy (non-hydrogen) atoms. The second-order valence-electron chi connectivity index (χ2n) is 3.29. The van der Waals surface area contributed by atoms with Crippen LogP contribution >= 0.6 is 22.6 Å². The van der Waals surface area contributed by atoms with E-state index < -0.39 is 5.97 Å². The van der Waals surface area contributed by atoms with Crippen molar-refractivity contribution >= 4 is 28.6 Å². The summed E-state index contributed by atoms with van der Waals surface area (Å²) in [6.07, 6.45) is 0. The third kappa shape index (κ3) is 10.9. The largest absolute Gasteiger partial charge is 0.463 e. The third-order valence-electron chi connectivity index (χ3n) is 1.81. The smallest absolute Gasteiger partial charge is 0.335 e. The van der Waals surface area contributed by atoms with Crippen LogP contribution in [0.15, 0.2) is 12.2 Å². The Morgan fingerprint density at radius 3 is 2.17 bits per heavy atom. The lowest BCUT2D eigenvalue weighted by molar-refractivity contribution is -0.139. The first-order valence-electron chi connectivity index (χ1n) is 5.86. The minimum absolute atomic E-state index is 0.174. The van der Waals surface area contributed by atoms with Gasteiger partial charge in [-0.25, -0.2) is 4.79 Å². The van der Waals surface area contributed by atoms with Crippen molar-refractivity contribution in [1.29, 1.82) is 0 Å². The quantitative estimate of drug-likeness (QED) is 0.171. The van der Waals surface area contributed by atoms with E-state index >= 15 is 0 Å². The van der Waals surface area contributed by atoms with Crippen LogP contribution in [0.4, 0.5) is 0 Å². The number of ether oxygens (including phenoxy) is 4. The Hall–Kier alpha value is -0.180. The molecule has 0 atom stereocenters. The first-order valence-corrected chi connectivity index (χ1v) is 7.39. The molecule has 6 heteroatoms. The first-order chi connectivity index (χ1) is 8.72. The summed E-state index contributed by atoms with van der Waals surface area (Å²) in [6, 6.07) is 0. The average molecular weight is 372 g/mol. The fourth-order valence-electron chi connectivity index (χ4n) is 0.982. The van der Waals surface area contributed by atoms with Crippen molar-refractivity contribution in [2.24, 2.45) is 0 Å². The van der Waals surface area contributed by atoms with E-state index in [0.29, 0.717) is 38.6 Å². The Bertz CT molecular complexity index is 233. The van der Waals surface area contributed by atoms with Crippen molar-refractivity contribution in [3.8, 4) is 0 Å². The van der Waals surface area contributed by atoms with Crippen LogP contribution in [0.25, 0.3) is 0 Å². The topological polar surface area (TPSA) is 54.0 Å². The summed E-state index contributed by atoms with van der Waals surface area (Å²) in [6.45, 7) is 8.65. The van der Waals surface area contributed by atoms with Gasteiger partial charge in [0.1, 0.15) is 0 Å². The summed E-state index contributed by atoms with van der Waals surface area (Å²) in [5.74, 6) is -0.411. The lowest BCUT2D eigenvalue weighted by atomic mass is 10.3. The molecule has 0 spiro atoms. The first kappa shape index (κ1) is 17.8. The molecule has 5 nitrogen and oxygen atoms in total. The van der Waals surface area contributed by atoms with Crippen LogP contribution in [0.2, 0.25) is 0 Å². The van der Waals surface area contributed by atoms with Crippen LogP contribution < -0.4 is 0 Å². The predicted octanol–water partition coefficient (Wildman–Crippen LogP) is 1.59. The van der Waals surface area contributed by atoms with Gasteiger partial charge in [0.05, 0.1) is 51.8 Å². The molecular formula is C12H21IO5. The SMILES string of the molecule is C=C(COCCOCCOCCI)C(=O)OCC. The highest BCUT2D eigenvalue weighted by atomic mass is 127. The lowest BCUT2D eigenvalue weighted by Gasteiger charge is -2.07. The van der Waals surface area contributed by atoms with Gasteiger partial charge < -0.3 is 18.9 Å². The van der Waals surface area contributed by atoms with Gasteiger partial charge in [-0.1, -0.05) is 29.2 Å². The molecule has 0 aliphatic carbocycles. The molecule has 0 unspecified atom stereocenters. The second kappa shape index (κ2) is 13.3. The molecule has 0 aromatic heterocycles. The molecule has 0 N–H and O–H groups in total. The monoisotopic (exact) mass is 372 g/mol. The Labute approximate surface area is 122 Å². The summed E-state index contributed by atoms with van der Waals surface area (Å²) >= 11 is 2.25. The number of esters is 1. The second-order valence-corrected chi connectivity index (χ2v) is 4.37. The molecule has 0 aromatic rings. The molecule has 0 aliphatic rings. The van der Waals surface area contributed by atoms with Gasteiger partial charge in [0.15, 0.2) is 0 Å². The van der Waals surface area contributed by atoms with E-state index in [4.69, 9.17) is 18.9 Å². The normalized spacial score (nSPS) is 10.3. The third-order valence-corrected chi connectivity index (χ3v) is 2.25. The Morgan fingerprint density at radius 1 is 1.06 bits per heavy atom. The zero-order valence-corrected chi connectivity index (χ0v) is 12.9. The maximum absolute atomic E-state index is 11.2. The average Bonchev–Trinajstić information content (AvgIpc) is 2.36. The molecule has 0 bridgehead atoms. The molecule has 0 amide bonds. The highest BCUT2D eigenvalue weighted by Gasteiger charge is 2.06. The van der Waals surface area contributed by atoms with Crippen LogP contribution in [0.1, 0.15) is 6.92 Å². The standard InChI is InChI=1S/C12H21IO5/c1-3-18-12(14)11(2)10-17-9-8-16-7-6-15-5-4-13/h2-10H2,1H3. The van der Waals surface area contributed by atoms with Gasteiger partial charge in [0.2, 0.25) is 0 Å². The molecule has 0 radical (unpaired) electrons. The van der Waals surface area contributed by atoms with Crippen LogP contribution in [0.3, 0.4) is 0 Å². The van der Waals surface area contributed by atoms with Crippen LogP contribution in [0.5, 0.6) is 0 Å². The highest BCUT2D eigenvalue weighted by Crippen LogP contribution is 1.95. The number of hydrogen-bond acceptors (Lipinski definition) is 5. The van der Waals surface area contributed by atoms with Crippen LogP contribution in [-0.4, -0.2) is 56.6 Å². The molecule has 0 aromatic carbocycles. The van der Waals surface area contributed by atoms with Crippen molar-refractivity contribution < 1.29 is 23.7 Å². The van der Waals surface area contributed by atoms with Gasteiger partial charge in [0, 0.05) is 4.43 Å². The minimum Gasteiger partial charge on any atom is -0.463 e. The molecule has 0 saturated heterocycles. The zero-order valence-electron chi connectivity index (χ0n) is 10.8. The molecule has 0 fully saturated rings. The summed E-state index contributed by atoms with van der Waals surface area (Å²) in [5.41, 5.74) is 0.322. The maximum Gasteiger partial charge on any atom is 0.335 e. The van der Waals surface area contributed by atoms with E-state index in [2.05, 4.69) is 29.2 Å². The summed E-state index contributed by atoms with van der Waals surface area (Å²) in [5, 5.41) is 0. The summed E-state index contributed by atoms with van der Waals surface area (Å²) in [4.78, 5) is 11.2. The van der Waals surface area contributed by atoms with Crippen molar-refractivity contribution in [2.75, 3.05) is 50.7 Å². The van der Waals surface area contributed by atoms with E-state index in [0.717, 1.165) is 11.0 Å². The van der Waals surface area contributed by atoms with Gasteiger partial charge in [-0.05, 0) is 6.92 Å². The van der Waals surface area contributed by atoms with Gasteiger partial charge >= 0.3 is 5.97 Å². The van der Waals surface area contributed by atoms with Crippen LogP contribution in [-0.2, 0) is 23.7 Å². The fraction of sp³-hybridized carbons (Fsp3) is 0.750. The van der Waals surface area contributed by atoms with E-state index in [1.54, 1.807) is 6.92 Å². The molecule has 0 rings (SSSR count). The van der Waals surface area contributed by atoms with Crippen molar-refractivity contribution in [3.05, 3.63) is 12.2 Å². The number of carbonyl (C=O) groups is 1. The summed E-state index contributed by atoms with van der Waals surface area (Å²) in [7, 11) is 0.